The van der Waals surface area contributed by atoms with Crippen molar-refractivity contribution in [3.63, 3.8) is 0 Å². The molecule has 4 aromatic rings. The quantitative estimate of drug-likeness (QED) is 0.102. The number of carbonyl (C=O) groups excluding carboxylic acids is 1. The van der Waals surface area contributed by atoms with Crippen LogP contribution < -0.4 is 9.47 Å². The molecule has 0 spiro atoms. The number of hydrogen-bond acceptors (Lipinski definition) is 3. The van der Waals surface area contributed by atoms with Crippen LogP contribution in [0.3, 0.4) is 0 Å². The summed E-state index contributed by atoms with van der Waals surface area (Å²) in [6.45, 7) is 8.32. The molecular formula is C41H46F2O3. The van der Waals surface area contributed by atoms with Gasteiger partial charge in [-0.25, -0.2) is 8.78 Å². The van der Waals surface area contributed by atoms with Crippen molar-refractivity contribution < 1.29 is 23.0 Å². The summed E-state index contributed by atoms with van der Waals surface area (Å²) in [6.07, 6.45) is 10.9. The molecule has 0 saturated heterocycles. The summed E-state index contributed by atoms with van der Waals surface area (Å²) < 4.78 is 41.9. The van der Waals surface area contributed by atoms with Gasteiger partial charge in [-0.3, -0.25) is 4.79 Å². The second kappa shape index (κ2) is 15.5. The fourth-order valence-electron chi connectivity index (χ4n) is 6.26. The Balaban J connectivity index is 1.28. The molecule has 5 rings (SSSR count). The van der Waals surface area contributed by atoms with Crippen LogP contribution in [0.25, 0.3) is 33.4 Å². The van der Waals surface area contributed by atoms with E-state index < -0.39 is 11.6 Å². The van der Waals surface area contributed by atoms with Crippen LogP contribution in [0.4, 0.5) is 8.78 Å². The fraction of sp³-hybridized carbons (Fsp3) is 0.390. The normalized spacial score (nSPS) is 13.3. The molecule has 5 heteroatoms. The van der Waals surface area contributed by atoms with Gasteiger partial charge in [0.15, 0.2) is 28.9 Å². The van der Waals surface area contributed by atoms with Gasteiger partial charge >= 0.3 is 0 Å². The molecule has 1 aliphatic carbocycles. The summed E-state index contributed by atoms with van der Waals surface area (Å²) >= 11 is 0. The zero-order valence-electron chi connectivity index (χ0n) is 27.6. The lowest BCUT2D eigenvalue weighted by Gasteiger charge is -2.16. The summed E-state index contributed by atoms with van der Waals surface area (Å²) in [5.74, 6) is -0.428. The Labute approximate surface area is 273 Å². The third-order valence-corrected chi connectivity index (χ3v) is 8.93. The van der Waals surface area contributed by atoms with Crippen molar-refractivity contribution in [2.24, 2.45) is 0 Å². The maximum Gasteiger partial charge on any atom is 0.194 e. The number of carbonyl (C=O) groups is 1. The molecule has 46 heavy (non-hydrogen) atoms. The molecule has 1 aliphatic rings. The van der Waals surface area contributed by atoms with Crippen molar-refractivity contribution in [3.05, 3.63) is 95.6 Å². The van der Waals surface area contributed by atoms with Crippen LogP contribution in [-0.2, 0) is 0 Å². The van der Waals surface area contributed by atoms with Crippen molar-refractivity contribution in [1.82, 2.24) is 0 Å². The zero-order valence-corrected chi connectivity index (χ0v) is 27.6. The van der Waals surface area contributed by atoms with Crippen molar-refractivity contribution in [3.8, 4) is 44.9 Å². The number of ketones is 1. The average Bonchev–Trinajstić information content (AvgIpc) is 3.33. The van der Waals surface area contributed by atoms with Gasteiger partial charge in [-0.2, -0.15) is 0 Å². The second-order valence-corrected chi connectivity index (χ2v) is 12.7. The Kier molecular flexibility index (Phi) is 11.3. The van der Waals surface area contributed by atoms with Crippen molar-refractivity contribution >= 4 is 5.78 Å². The Morgan fingerprint density at radius 1 is 0.522 bits per heavy atom. The summed E-state index contributed by atoms with van der Waals surface area (Å²) in [5, 5.41) is 0. The van der Waals surface area contributed by atoms with E-state index in [0.29, 0.717) is 22.3 Å². The lowest BCUT2D eigenvalue weighted by Crippen LogP contribution is -2.12. The van der Waals surface area contributed by atoms with Crippen molar-refractivity contribution in [2.45, 2.75) is 104 Å². The average molecular weight is 625 g/mol. The van der Waals surface area contributed by atoms with E-state index in [2.05, 4.69) is 13.8 Å². The Bertz CT molecular complexity index is 1540. The summed E-state index contributed by atoms with van der Waals surface area (Å²) in [6, 6.07) is 21.3. The second-order valence-electron chi connectivity index (χ2n) is 12.7. The summed E-state index contributed by atoms with van der Waals surface area (Å²) in [7, 11) is 0. The van der Waals surface area contributed by atoms with Gasteiger partial charge in [-0.05, 0) is 109 Å². The first-order valence-electron chi connectivity index (χ1n) is 17.0. The highest BCUT2D eigenvalue weighted by Crippen LogP contribution is 2.41. The minimum atomic E-state index is -0.414. The first-order valence-corrected chi connectivity index (χ1v) is 17.0. The SMILES string of the molecule is CCCCCC[C@@H](C)Oc1ccc(-c2ccc3c(c2)C(=O)c2cc(-c4ccc(O[C@H](C)CCCCCC)c(F)c4)ccc2-3)cc1F. The van der Waals surface area contributed by atoms with Gasteiger partial charge in [0.2, 0.25) is 0 Å². The lowest BCUT2D eigenvalue weighted by atomic mass is 9.98. The first-order chi connectivity index (χ1) is 22.3. The minimum Gasteiger partial charge on any atom is -0.488 e. The number of fused-ring (bicyclic) bond motifs is 3. The monoisotopic (exact) mass is 624 g/mol. The topological polar surface area (TPSA) is 35.5 Å². The van der Waals surface area contributed by atoms with Crippen LogP contribution in [0.15, 0.2) is 72.8 Å². The van der Waals surface area contributed by atoms with Gasteiger partial charge in [-0.15, -0.1) is 0 Å². The predicted octanol–water partition coefficient (Wildman–Crippen LogP) is 12.0. The number of rotatable bonds is 16. The number of unbranched alkanes of at least 4 members (excludes halogenated alkanes) is 6. The standard InChI is InChI=1S/C41H46F2O3/c1-5-7-9-11-13-27(3)45-39-21-17-31(25-37(39)42)29-15-19-33-34-20-16-30(24-36(34)41(44)35(33)23-29)32-18-22-40(38(43)26-32)46-28(4)14-12-10-8-6-2/h15-28H,5-14H2,1-4H3/t27-,28-/m1/s1. The Hall–Kier alpha value is -3.99. The van der Waals surface area contributed by atoms with Gasteiger partial charge in [-0.1, -0.05) is 88.8 Å². The first kappa shape index (κ1) is 33.4. The highest BCUT2D eigenvalue weighted by molar-refractivity contribution is 6.22. The molecule has 2 atom stereocenters. The molecule has 0 aromatic heterocycles. The Morgan fingerprint density at radius 2 is 0.913 bits per heavy atom. The van der Waals surface area contributed by atoms with Crippen LogP contribution >= 0.6 is 0 Å². The maximum absolute atomic E-state index is 15.1. The van der Waals surface area contributed by atoms with Gasteiger partial charge in [0.05, 0.1) is 12.2 Å². The molecule has 0 heterocycles. The third-order valence-electron chi connectivity index (χ3n) is 8.93. The van der Waals surface area contributed by atoms with Gasteiger partial charge < -0.3 is 9.47 Å². The van der Waals surface area contributed by atoms with E-state index in [1.807, 2.05) is 62.4 Å². The van der Waals surface area contributed by atoms with Gasteiger partial charge in [0.25, 0.3) is 0 Å². The van der Waals surface area contributed by atoms with E-state index in [1.54, 1.807) is 12.1 Å². The Morgan fingerprint density at radius 3 is 1.30 bits per heavy atom. The maximum atomic E-state index is 15.1. The van der Waals surface area contributed by atoms with Gasteiger partial charge in [0, 0.05) is 11.1 Å². The molecule has 3 nitrogen and oxygen atoms in total. The van der Waals surface area contributed by atoms with E-state index in [1.165, 1.54) is 37.8 Å². The van der Waals surface area contributed by atoms with E-state index >= 15 is 8.78 Å². The van der Waals surface area contributed by atoms with E-state index in [4.69, 9.17) is 9.47 Å². The number of benzene rings is 4. The molecule has 0 unspecified atom stereocenters. The largest absolute Gasteiger partial charge is 0.488 e. The lowest BCUT2D eigenvalue weighted by molar-refractivity contribution is 0.104. The minimum absolute atomic E-state index is 0.0604. The van der Waals surface area contributed by atoms with E-state index in [-0.39, 0.29) is 29.5 Å². The number of ether oxygens (including phenoxy) is 2. The fourth-order valence-corrected chi connectivity index (χ4v) is 6.26. The van der Waals surface area contributed by atoms with Gasteiger partial charge in [0.1, 0.15) is 0 Å². The van der Waals surface area contributed by atoms with Crippen molar-refractivity contribution in [1.29, 1.82) is 0 Å². The molecule has 0 fully saturated rings. The van der Waals surface area contributed by atoms with E-state index in [0.717, 1.165) is 60.8 Å². The number of hydrogen-bond donors (Lipinski definition) is 0. The predicted molar refractivity (Wildman–Crippen MR) is 184 cm³/mol. The highest BCUT2D eigenvalue weighted by Gasteiger charge is 2.28. The number of halogens is 2. The van der Waals surface area contributed by atoms with Crippen LogP contribution in [0.1, 0.15) is 108 Å². The van der Waals surface area contributed by atoms with E-state index in [9.17, 15) is 4.79 Å². The molecule has 0 bridgehead atoms. The molecule has 242 valence electrons. The highest BCUT2D eigenvalue weighted by atomic mass is 19.1. The zero-order chi connectivity index (χ0) is 32.6. The molecule has 0 amide bonds. The molecule has 0 aliphatic heterocycles. The molecule has 4 aromatic carbocycles. The van der Waals surface area contributed by atoms with Crippen molar-refractivity contribution in [2.75, 3.05) is 0 Å². The van der Waals surface area contributed by atoms with Crippen LogP contribution in [0.2, 0.25) is 0 Å². The molecule has 0 N–H and O–H groups in total. The third kappa shape index (κ3) is 7.86. The van der Waals surface area contributed by atoms with Crippen LogP contribution in [-0.4, -0.2) is 18.0 Å². The molecule has 0 radical (unpaired) electrons. The summed E-state index contributed by atoms with van der Waals surface area (Å²) in [4.78, 5) is 13.6. The molecular weight excluding hydrogens is 578 g/mol. The smallest absolute Gasteiger partial charge is 0.194 e. The molecule has 0 saturated carbocycles. The summed E-state index contributed by atoms with van der Waals surface area (Å²) in [5.41, 5.74) is 5.72. The van der Waals surface area contributed by atoms with Crippen LogP contribution in [0, 0.1) is 11.6 Å². The van der Waals surface area contributed by atoms with Crippen LogP contribution in [0.5, 0.6) is 11.5 Å².